The maximum Gasteiger partial charge on any atom is 0.0319 e. The summed E-state index contributed by atoms with van der Waals surface area (Å²) in [5.74, 6) is 0. The Morgan fingerprint density at radius 1 is 1.18 bits per heavy atom. The van der Waals surface area contributed by atoms with Gasteiger partial charge in [-0.05, 0) is 33.8 Å². The Kier molecular flexibility index (Phi) is 5.63. The van der Waals surface area contributed by atoms with Gasteiger partial charge in [-0.15, -0.1) is 0 Å². The van der Waals surface area contributed by atoms with E-state index in [1.165, 1.54) is 5.70 Å². The van der Waals surface area contributed by atoms with E-state index >= 15 is 0 Å². The topological polar surface area (TPSA) is 3.24 Å². The van der Waals surface area contributed by atoms with E-state index in [1.807, 2.05) is 6.92 Å². The number of allylic oxidation sites excluding steroid dienone is 3. The summed E-state index contributed by atoms with van der Waals surface area (Å²) in [6, 6.07) is 0. The Labute approximate surface area is 70.4 Å². The first-order valence-electron chi connectivity index (χ1n) is 4.34. The third-order valence-electron chi connectivity index (χ3n) is 1.76. The molecule has 0 aromatic carbocycles. The standard InChI is InChI=1S/C10H19N/c1-5-9-10(6-2)11(7-3)8-4/h5-6,9H,7-8H2,1-4H3. The van der Waals surface area contributed by atoms with Crippen molar-refractivity contribution < 1.29 is 0 Å². The van der Waals surface area contributed by atoms with E-state index < -0.39 is 0 Å². The predicted molar refractivity (Wildman–Crippen MR) is 51.5 cm³/mol. The van der Waals surface area contributed by atoms with Gasteiger partial charge in [0.2, 0.25) is 0 Å². The van der Waals surface area contributed by atoms with Gasteiger partial charge < -0.3 is 4.90 Å². The fourth-order valence-corrected chi connectivity index (χ4v) is 1.14. The Balaban J connectivity index is 4.22. The van der Waals surface area contributed by atoms with Gasteiger partial charge in [-0.1, -0.05) is 12.2 Å². The van der Waals surface area contributed by atoms with E-state index in [-0.39, 0.29) is 0 Å². The van der Waals surface area contributed by atoms with Crippen LogP contribution in [0.2, 0.25) is 0 Å². The van der Waals surface area contributed by atoms with Gasteiger partial charge in [-0.2, -0.15) is 0 Å². The molecule has 0 rings (SSSR count). The van der Waals surface area contributed by atoms with Crippen molar-refractivity contribution in [1.82, 2.24) is 4.90 Å². The van der Waals surface area contributed by atoms with Gasteiger partial charge in [0.15, 0.2) is 0 Å². The summed E-state index contributed by atoms with van der Waals surface area (Å²) in [7, 11) is 0. The zero-order valence-electron chi connectivity index (χ0n) is 8.09. The van der Waals surface area contributed by atoms with Crippen LogP contribution in [0.4, 0.5) is 0 Å². The molecule has 0 aromatic heterocycles. The van der Waals surface area contributed by atoms with Crippen molar-refractivity contribution in [3.05, 3.63) is 23.9 Å². The number of likely N-dealkylation sites (N-methyl/N-ethyl adjacent to an activating group) is 1. The van der Waals surface area contributed by atoms with Gasteiger partial charge in [0.05, 0.1) is 0 Å². The van der Waals surface area contributed by atoms with Crippen LogP contribution in [0.5, 0.6) is 0 Å². The lowest BCUT2D eigenvalue weighted by atomic mass is 10.3. The van der Waals surface area contributed by atoms with Crippen LogP contribution in [0.15, 0.2) is 23.9 Å². The lowest BCUT2D eigenvalue weighted by molar-refractivity contribution is 0.394. The molecule has 11 heavy (non-hydrogen) atoms. The molecule has 0 spiro atoms. The van der Waals surface area contributed by atoms with Crippen LogP contribution < -0.4 is 0 Å². The molecule has 64 valence electrons. The highest BCUT2D eigenvalue weighted by Gasteiger charge is 1.98. The molecule has 0 fully saturated rings. The number of rotatable bonds is 4. The number of nitrogens with zero attached hydrogens (tertiary/aromatic N) is 1. The van der Waals surface area contributed by atoms with Crippen molar-refractivity contribution in [2.45, 2.75) is 27.7 Å². The highest BCUT2D eigenvalue weighted by Crippen LogP contribution is 2.04. The zero-order valence-corrected chi connectivity index (χ0v) is 8.09. The third-order valence-corrected chi connectivity index (χ3v) is 1.76. The van der Waals surface area contributed by atoms with Crippen molar-refractivity contribution >= 4 is 0 Å². The van der Waals surface area contributed by atoms with Crippen molar-refractivity contribution in [3.63, 3.8) is 0 Å². The SMILES string of the molecule is CC=CC(=CC)N(CC)CC. The Morgan fingerprint density at radius 2 is 1.73 bits per heavy atom. The van der Waals surface area contributed by atoms with Crippen LogP contribution >= 0.6 is 0 Å². The monoisotopic (exact) mass is 153 g/mol. The van der Waals surface area contributed by atoms with E-state index in [2.05, 4.69) is 43.9 Å². The first-order chi connectivity index (χ1) is 5.29. The van der Waals surface area contributed by atoms with Crippen LogP contribution in [0.25, 0.3) is 0 Å². The molecule has 0 N–H and O–H groups in total. The summed E-state index contributed by atoms with van der Waals surface area (Å²) in [6.07, 6.45) is 6.37. The van der Waals surface area contributed by atoms with Crippen LogP contribution in [0.1, 0.15) is 27.7 Å². The van der Waals surface area contributed by atoms with Crippen LogP contribution in [0.3, 0.4) is 0 Å². The van der Waals surface area contributed by atoms with E-state index in [4.69, 9.17) is 0 Å². The minimum atomic E-state index is 1.08. The maximum atomic E-state index is 2.33. The summed E-state index contributed by atoms with van der Waals surface area (Å²) in [4.78, 5) is 2.33. The molecule has 0 aliphatic heterocycles. The fraction of sp³-hybridized carbons (Fsp3) is 0.600. The van der Waals surface area contributed by atoms with Crippen LogP contribution in [-0.4, -0.2) is 18.0 Å². The highest BCUT2D eigenvalue weighted by atomic mass is 15.1. The lowest BCUT2D eigenvalue weighted by Crippen LogP contribution is -2.20. The van der Waals surface area contributed by atoms with Crippen molar-refractivity contribution in [1.29, 1.82) is 0 Å². The first-order valence-corrected chi connectivity index (χ1v) is 4.34. The molecule has 0 unspecified atom stereocenters. The Bertz CT molecular complexity index is 141. The average molecular weight is 153 g/mol. The van der Waals surface area contributed by atoms with E-state index in [9.17, 15) is 0 Å². The normalized spacial score (nSPS) is 12.5. The molecule has 0 heterocycles. The molecule has 0 amide bonds. The molecule has 0 bridgehead atoms. The quantitative estimate of drug-likeness (QED) is 0.561. The highest BCUT2D eigenvalue weighted by molar-refractivity contribution is 5.15. The first kappa shape index (κ1) is 10.3. The summed E-state index contributed by atoms with van der Waals surface area (Å²) < 4.78 is 0. The van der Waals surface area contributed by atoms with Gasteiger partial charge in [0.1, 0.15) is 0 Å². The molecular formula is C10H19N. The smallest absolute Gasteiger partial charge is 0.0319 e. The molecule has 0 atom stereocenters. The predicted octanol–water partition coefficient (Wildman–Crippen LogP) is 2.81. The molecule has 0 saturated carbocycles. The van der Waals surface area contributed by atoms with Gasteiger partial charge >= 0.3 is 0 Å². The molecule has 0 aliphatic carbocycles. The molecule has 0 aliphatic rings. The second kappa shape index (κ2) is 6.02. The second-order valence-electron chi connectivity index (χ2n) is 2.39. The minimum Gasteiger partial charge on any atom is -0.372 e. The molecular weight excluding hydrogens is 134 g/mol. The van der Waals surface area contributed by atoms with Crippen LogP contribution in [0, 0.1) is 0 Å². The van der Waals surface area contributed by atoms with Gasteiger partial charge in [0.25, 0.3) is 0 Å². The summed E-state index contributed by atoms with van der Waals surface area (Å²) in [5, 5.41) is 0. The minimum absolute atomic E-state index is 1.08. The summed E-state index contributed by atoms with van der Waals surface area (Å²) >= 11 is 0. The van der Waals surface area contributed by atoms with Gasteiger partial charge in [-0.25, -0.2) is 0 Å². The van der Waals surface area contributed by atoms with Crippen LogP contribution in [-0.2, 0) is 0 Å². The second-order valence-corrected chi connectivity index (χ2v) is 2.39. The Hall–Kier alpha value is -0.720. The average Bonchev–Trinajstić information content (AvgIpc) is 2.05. The number of hydrogen-bond acceptors (Lipinski definition) is 1. The van der Waals surface area contributed by atoms with E-state index in [0.29, 0.717) is 0 Å². The Morgan fingerprint density at radius 3 is 2.00 bits per heavy atom. The molecule has 1 heteroatoms. The molecule has 0 radical (unpaired) electrons. The fourth-order valence-electron chi connectivity index (χ4n) is 1.14. The zero-order chi connectivity index (χ0) is 8.69. The largest absolute Gasteiger partial charge is 0.372 e. The van der Waals surface area contributed by atoms with Gasteiger partial charge in [-0.3, -0.25) is 0 Å². The van der Waals surface area contributed by atoms with Crippen molar-refractivity contribution in [3.8, 4) is 0 Å². The van der Waals surface area contributed by atoms with E-state index in [0.717, 1.165) is 13.1 Å². The molecule has 0 aromatic rings. The lowest BCUT2D eigenvalue weighted by Gasteiger charge is -2.21. The van der Waals surface area contributed by atoms with Crippen molar-refractivity contribution in [2.75, 3.05) is 13.1 Å². The van der Waals surface area contributed by atoms with E-state index in [1.54, 1.807) is 0 Å². The molecule has 0 saturated heterocycles. The van der Waals surface area contributed by atoms with Crippen molar-refractivity contribution in [2.24, 2.45) is 0 Å². The maximum absolute atomic E-state index is 2.33. The van der Waals surface area contributed by atoms with Gasteiger partial charge in [0, 0.05) is 18.8 Å². The third kappa shape index (κ3) is 3.26. The summed E-state index contributed by atoms with van der Waals surface area (Å²) in [6.45, 7) is 10.6. The molecule has 1 nitrogen and oxygen atoms in total. The summed E-state index contributed by atoms with van der Waals surface area (Å²) in [5.41, 5.74) is 1.32. The number of hydrogen-bond donors (Lipinski definition) is 0.